The highest BCUT2D eigenvalue weighted by Gasteiger charge is 2.09. The highest BCUT2D eigenvalue weighted by molar-refractivity contribution is 8.03. The fourth-order valence-corrected chi connectivity index (χ4v) is 4.95. The van der Waals surface area contributed by atoms with Crippen molar-refractivity contribution >= 4 is 25.5 Å². The van der Waals surface area contributed by atoms with Crippen molar-refractivity contribution in [2.24, 2.45) is 5.92 Å². The van der Waals surface area contributed by atoms with Gasteiger partial charge in [0.2, 0.25) is 0 Å². The first-order valence-corrected chi connectivity index (χ1v) is 10.3. The summed E-state index contributed by atoms with van der Waals surface area (Å²) in [5.41, 5.74) is 0.708. The first kappa shape index (κ1) is 18.3. The van der Waals surface area contributed by atoms with Crippen molar-refractivity contribution in [1.29, 1.82) is 0 Å². The minimum Gasteiger partial charge on any atom is -0.466 e. The molecule has 2 atom stereocenters. The van der Waals surface area contributed by atoms with Crippen molar-refractivity contribution in [3.05, 3.63) is 30.3 Å². The molecule has 0 aliphatic rings. The van der Waals surface area contributed by atoms with Crippen LogP contribution in [-0.4, -0.2) is 24.2 Å². The van der Waals surface area contributed by atoms with E-state index in [4.69, 9.17) is 4.74 Å². The number of thioether (sulfide) groups is 1. The van der Waals surface area contributed by atoms with E-state index in [0.717, 1.165) is 19.0 Å². The molecule has 1 rings (SSSR count). The van der Waals surface area contributed by atoms with Gasteiger partial charge in [-0.1, -0.05) is 25.1 Å². The van der Waals surface area contributed by atoms with Crippen molar-refractivity contribution in [2.75, 3.05) is 18.3 Å². The van der Waals surface area contributed by atoms with E-state index in [9.17, 15) is 9.36 Å². The molecule has 0 heterocycles. The van der Waals surface area contributed by atoms with E-state index in [1.165, 1.54) is 4.90 Å². The number of hydrogen-bond acceptors (Lipinski definition) is 4. The van der Waals surface area contributed by atoms with Crippen LogP contribution in [0.25, 0.3) is 0 Å². The summed E-state index contributed by atoms with van der Waals surface area (Å²) in [6, 6.07) is 10.1. The molecule has 118 valence electrons. The van der Waals surface area contributed by atoms with Crippen LogP contribution in [0, 0.1) is 5.92 Å². The first-order chi connectivity index (χ1) is 10.1. The minimum atomic E-state index is -1.53. The topological polar surface area (TPSA) is 43.4 Å². The Kier molecular flexibility index (Phi) is 9.53. The Bertz CT molecular complexity index is 436. The van der Waals surface area contributed by atoms with E-state index in [2.05, 4.69) is 6.92 Å². The van der Waals surface area contributed by atoms with Crippen molar-refractivity contribution in [3.63, 3.8) is 0 Å². The fraction of sp³-hybridized carbons (Fsp3) is 0.562. The Morgan fingerprint density at radius 1 is 1.29 bits per heavy atom. The largest absolute Gasteiger partial charge is 0.466 e. The van der Waals surface area contributed by atoms with E-state index in [0.29, 0.717) is 24.4 Å². The Labute approximate surface area is 132 Å². The molecule has 0 amide bonds. The molecule has 0 saturated carbocycles. The van der Waals surface area contributed by atoms with Crippen LogP contribution < -0.4 is 0 Å². The summed E-state index contributed by atoms with van der Waals surface area (Å²) in [5, 5.41) is 0. The van der Waals surface area contributed by atoms with Gasteiger partial charge in [0.25, 0.3) is 0 Å². The fourth-order valence-electron chi connectivity index (χ4n) is 1.90. The van der Waals surface area contributed by atoms with Gasteiger partial charge in [-0.2, -0.15) is 0 Å². The Morgan fingerprint density at radius 3 is 2.67 bits per heavy atom. The molecular weight excluding hydrogens is 303 g/mol. The average Bonchev–Trinajstić information content (AvgIpc) is 2.50. The lowest BCUT2D eigenvalue weighted by molar-refractivity contribution is -0.143. The molecule has 0 aliphatic carbocycles. The third-order valence-electron chi connectivity index (χ3n) is 3.21. The molecule has 0 spiro atoms. The van der Waals surface area contributed by atoms with E-state index < -0.39 is 7.80 Å². The molecule has 0 saturated heterocycles. The van der Waals surface area contributed by atoms with Crippen molar-refractivity contribution in [3.8, 4) is 0 Å². The number of esters is 1. The third-order valence-corrected chi connectivity index (χ3v) is 6.52. The van der Waals surface area contributed by atoms with Gasteiger partial charge in [-0.3, -0.25) is 4.79 Å². The van der Waals surface area contributed by atoms with Crippen molar-refractivity contribution < 1.29 is 14.1 Å². The predicted octanol–water partition coefficient (Wildman–Crippen LogP) is 4.67. The second kappa shape index (κ2) is 10.9. The second-order valence-corrected chi connectivity index (χ2v) is 8.62. The van der Waals surface area contributed by atoms with Gasteiger partial charge < -0.3 is 9.30 Å². The zero-order chi connectivity index (χ0) is 15.5. The molecule has 0 fully saturated rings. The molecule has 5 heteroatoms. The minimum absolute atomic E-state index is 0.128. The highest BCUT2D eigenvalue weighted by atomic mass is 32.2. The van der Waals surface area contributed by atoms with Gasteiger partial charge in [-0.25, -0.2) is 0 Å². The molecule has 3 nitrogen and oxygen atoms in total. The zero-order valence-corrected chi connectivity index (χ0v) is 14.7. The van der Waals surface area contributed by atoms with Crippen LogP contribution in [0.2, 0.25) is 0 Å². The molecular formula is C16H25O3PS. The average molecular weight is 328 g/mol. The maximum absolute atomic E-state index is 12.0. The maximum Gasteiger partial charge on any atom is 0.305 e. The molecule has 0 radical (unpaired) electrons. The Balaban J connectivity index is 2.13. The summed E-state index contributed by atoms with van der Waals surface area (Å²) in [5.74, 6) is 0.293. The van der Waals surface area contributed by atoms with E-state index in [1.807, 2.05) is 37.3 Å². The van der Waals surface area contributed by atoms with E-state index in [1.54, 1.807) is 11.8 Å². The Morgan fingerprint density at radius 2 is 2.00 bits per heavy atom. The number of ether oxygens (including phenoxy) is 1. The van der Waals surface area contributed by atoms with Gasteiger partial charge in [0.05, 0.1) is 14.4 Å². The third kappa shape index (κ3) is 9.00. The van der Waals surface area contributed by atoms with Crippen LogP contribution in [-0.2, 0) is 14.1 Å². The smallest absolute Gasteiger partial charge is 0.305 e. The molecule has 0 aromatic heterocycles. The lowest BCUT2D eigenvalue weighted by Crippen LogP contribution is -2.07. The molecule has 2 unspecified atom stereocenters. The maximum atomic E-state index is 12.0. The highest BCUT2D eigenvalue weighted by Crippen LogP contribution is 2.33. The van der Waals surface area contributed by atoms with Gasteiger partial charge in [0.15, 0.2) is 0 Å². The van der Waals surface area contributed by atoms with Gasteiger partial charge in [0.1, 0.15) is 0 Å². The lowest BCUT2D eigenvalue weighted by Gasteiger charge is -2.10. The van der Waals surface area contributed by atoms with Crippen LogP contribution in [0.15, 0.2) is 35.2 Å². The second-order valence-electron chi connectivity index (χ2n) is 5.13. The van der Waals surface area contributed by atoms with Gasteiger partial charge in [-0.15, -0.1) is 11.8 Å². The van der Waals surface area contributed by atoms with Gasteiger partial charge in [-0.05, 0) is 44.0 Å². The number of hydrogen-bond donors (Lipinski definition) is 0. The van der Waals surface area contributed by atoms with Crippen LogP contribution >= 0.6 is 19.6 Å². The summed E-state index contributed by atoms with van der Waals surface area (Å²) in [6.07, 6.45) is 2.98. The van der Waals surface area contributed by atoms with E-state index in [-0.39, 0.29) is 5.97 Å². The quantitative estimate of drug-likeness (QED) is 0.356. The van der Waals surface area contributed by atoms with Crippen molar-refractivity contribution in [1.82, 2.24) is 0 Å². The summed E-state index contributed by atoms with van der Waals surface area (Å²) in [4.78, 5) is 12.4. The van der Waals surface area contributed by atoms with Gasteiger partial charge in [0, 0.05) is 16.8 Å². The molecule has 21 heavy (non-hydrogen) atoms. The normalized spacial score (nSPS) is 13.6. The number of benzene rings is 1. The molecule has 0 bridgehead atoms. The Hall–Kier alpha value is -0.730. The summed E-state index contributed by atoms with van der Waals surface area (Å²) < 4.78 is 16.9. The lowest BCUT2D eigenvalue weighted by atomic mass is 10.0. The molecule has 0 N–H and O–H groups in total. The summed E-state index contributed by atoms with van der Waals surface area (Å²) >= 11 is 1.66. The van der Waals surface area contributed by atoms with Gasteiger partial charge >= 0.3 is 5.97 Å². The first-order valence-electron chi connectivity index (χ1n) is 7.47. The zero-order valence-electron chi connectivity index (χ0n) is 12.8. The van der Waals surface area contributed by atoms with Crippen LogP contribution in [0.5, 0.6) is 0 Å². The van der Waals surface area contributed by atoms with Crippen LogP contribution in [0.1, 0.15) is 33.1 Å². The van der Waals surface area contributed by atoms with Crippen LogP contribution in [0.4, 0.5) is 0 Å². The molecule has 1 aromatic carbocycles. The van der Waals surface area contributed by atoms with Crippen LogP contribution in [0.3, 0.4) is 0 Å². The summed E-state index contributed by atoms with van der Waals surface area (Å²) in [7, 11) is -1.53. The SMILES string of the molecule is CCOC(=O)CCC(C)CC[PH](=O)CSc1ccccc1. The standard InChI is InChI=1S/C16H25O3PS/c1-3-19-16(17)10-9-14(2)11-12-20(18)13-21-15-7-5-4-6-8-15/h4-8,14,20H,3,9-13H2,1-2H3. The summed E-state index contributed by atoms with van der Waals surface area (Å²) in [6.45, 7) is 4.37. The number of rotatable bonds is 10. The number of carbonyl (C=O) groups excluding carboxylic acids is 1. The monoisotopic (exact) mass is 328 g/mol. The van der Waals surface area contributed by atoms with Crippen molar-refractivity contribution in [2.45, 2.75) is 38.0 Å². The van der Waals surface area contributed by atoms with E-state index >= 15 is 0 Å². The predicted molar refractivity (Wildman–Crippen MR) is 90.7 cm³/mol. The molecule has 1 aromatic rings. The number of carbonyl (C=O) groups is 1. The molecule has 0 aliphatic heterocycles.